The van der Waals surface area contributed by atoms with Crippen LogP contribution in [0.15, 0.2) is 11.1 Å². The van der Waals surface area contributed by atoms with Gasteiger partial charge in [0.15, 0.2) is 23.7 Å². The van der Waals surface area contributed by atoms with Crippen LogP contribution in [0.4, 0.5) is 5.95 Å². The molecule has 1 unspecified atom stereocenters. The number of aliphatic hydroxyl groups is 3. The average molecular weight is 379 g/mol. The summed E-state index contributed by atoms with van der Waals surface area (Å²) in [6.07, 6.45) is -7.63. The molecule has 0 amide bonds. The number of nitrogen functional groups attached to an aromatic ring is 1. The first-order valence-electron chi connectivity index (χ1n) is 6.74. The van der Waals surface area contributed by atoms with Crippen molar-refractivity contribution in [3.8, 4) is 0 Å². The highest BCUT2D eigenvalue weighted by Gasteiger charge is 2.49. The number of aliphatic hydroxyl groups excluding tert-OH is 3. The van der Waals surface area contributed by atoms with Crippen molar-refractivity contribution in [2.75, 3.05) is 5.73 Å². The van der Waals surface area contributed by atoms with E-state index in [-0.39, 0.29) is 17.1 Å². The number of nitrogens with one attached hydrogen (secondary N) is 1. The van der Waals surface area contributed by atoms with Crippen molar-refractivity contribution < 1.29 is 38.9 Å². The first-order valence-corrected chi connectivity index (χ1v) is 8.27. The van der Waals surface area contributed by atoms with Crippen molar-refractivity contribution >= 4 is 24.9 Å². The van der Waals surface area contributed by atoms with Crippen molar-refractivity contribution in [3.63, 3.8) is 0 Å². The maximum absolute atomic E-state index is 11.8. The molecule has 0 bridgehead atoms. The smallest absolute Gasteiger partial charge is 0.387 e. The second-order valence-corrected chi connectivity index (χ2v) is 6.43. The third-order valence-corrected chi connectivity index (χ3v) is 4.02. The fraction of sp³-hybridized carbons (Fsp3) is 0.500. The van der Waals surface area contributed by atoms with Crippen molar-refractivity contribution in [2.45, 2.75) is 30.8 Å². The lowest BCUT2D eigenvalue weighted by Gasteiger charge is -2.21. The van der Waals surface area contributed by atoms with Crippen LogP contribution in [0.3, 0.4) is 0 Å². The summed E-state index contributed by atoms with van der Waals surface area (Å²) in [5.41, 5.74) is 4.63. The Labute approximate surface area is 137 Å². The van der Waals surface area contributed by atoms with Gasteiger partial charge >= 0.3 is 7.82 Å². The molecule has 1 saturated heterocycles. The Morgan fingerprint density at radius 3 is 2.72 bits per heavy atom. The molecular weight excluding hydrogens is 365 g/mol. The Kier molecular flexibility index (Phi) is 4.38. The predicted molar refractivity (Wildman–Crippen MR) is 77.6 cm³/mol. The number of imidazole rings is 1. The molecule has 138 valence electrons. The van der Waals surface area contributed by atoms with Crippen LogP contribution < -0.4 is 11.3 Å². The van der Waals surface area contributed by atoms with Gasteiger partial charge in [-0.1, -0.05) is 0 Å². The fourth-order valence-electron chi connectivity index (χ4n) is 2.48. The zero-order valence-corrected chi connectivity index (χ0v) is 13.1. The molecule has 0 aromatic carbocycles. The quantitative estimate of drug-likeness (QED) is 0.205. The molecule has 0 aliphatic carbocycles. The lowest BCUT2D eigenvalue weighted by molar-refractivity contribution is -0.161. The van der Waals surface area contributed by atoms with Crippen LogP contribution in [0.25, 0.3) is 11.2 Å². The number of anilines is 1. The number of aromatic amines is 1. The Morgan fingerprint density at radius 2 is 2.08 bits per heavy atom. The minimum absolute atomic E-state index is 0.0662. The maximum atomic E-state index is 11.8. The van der Waals surface area contributed by atoms with Crippen LogP contribution in [0.1, 0.15) is 6.23 Å². The molecule has 1 aliphatic rings. The Bertz CT molecular complexity index is 893. The Hall–Kier alpha value is -1.90. The summed E-state index contributed by atoms with van der Waals surface area (Å²) in [7, 11) is -5.07. The molecule has 15 heteroatoms. The van der Waals surface area contributed by atoms with Crippen molar-refractivity contribution in [1.82, 2.24) is 19.5 Å². The van der Waals surface area contributed by atoms with E-state index in [9.17, 15) is 24.7 Å². The number of ether oxygens (including phenoxy) is 1. The van der Waals surface area contributed by atoms with Gasteiger partial charge < -0.3 is 35.6 Å². The number of nitrogens with two attached hydrogens (primary N) is 1. The maximum Gasteiger partial charge on any atom is 0.472 e. The lowest BCUT2D eigenvalue weighted by Crippen LogP contribution is -2.39. The first-order chi connectivity index (χ1) is 11.6. The number of fused-ring (bicyclic) bond motifs is 1. The van der Waals surface area contributed by atoms with E-state index in [1.54, 1.807) is 0 Å². The van der Waals surface area contributed by atoms with Crippen LogP contribution in [-0.4, -0.2) is 69.2 Å². The topological polar surface area (TPSA) is 226 Å². The van der Waals surface area contributed by atoms with Gasteiger partial charge in [-0.25, -0.2) is 9.55 Å². The molecule has 0 radical (unpaired) electrons. The second kappa shape index (κ2) is 6.12. The van der Waals surface area contributed by atoms with Crippen molar-refractivity contribution in [2.24, 2.45) is 0 Å². The molecular formula is C10H14N5O9P. The number of nitrogens with zero attached hydrogens (tertiary/aromatic N) is 3. The summed E-state index contributed by atoms with van der Waals surface area (Å²) in [5.74, 6) is -0.228. The van der Waals surface area contributed by atoms with Gasteiger partial charge in [0, 0.05) is 0 Å². The van der Waals surface area contributed by atoms with Crippen molar-refractivity contribution in [1.29, 1.82) is 0 Å². The molecule has 1 fully saturated rings. The minimum Gasteiger partial charge on any atom is -0.387 e. The highest BCUT2D eigenvalue weighted by atomic mass is 31.2. The van der Waals surface area contributed by atoms with E-state index in [4.69, 9.17) is 20.3 Å². The van der Waals surface area contributed by atoms with Crippen LogP contribution >= 0.6 is 7.82 Å². The summed E-state index contributed by atoms with van der Waals surface area (Å²) in [6.45, 7) is 0. The monoisotopic (exact) mass is 379 g/mol. The molecule has 0 saturated carbocycles. The molecule has 2 aromatic rings. The second-order valence-electron chi connectivity index (χ2n) is 5.23. The first kappa shape index (κ1) is 17.9. The third kappa shape index (κ3) is 3.29. The number of rotatable bonds is 4. The van der Waals surface area contributed by atoms with Crippen molar-refractivity contribution in [3.05, 3.63) is 16.7 Å². The average Bonchev–Trinajstić information content (AvgIpc) is 3.00. The zero-order chi connectivity index (χ0) is 18.5. The number of H-pyrrole nitrogens is 1. The van der Waals surface area contributed by atoms with Crippen LogP contribution in [0.2, 0.25) is 0 Å². The van der Waals surface area contributed by atoms with Gasteiger partial charge in [0.1, 0.15) is 18.3 Å². The normalized spacial score (nSPS) is 28.5. The largest absolute Gasteiger partial charge is 0.472 e. The predicted octanol–water partition coefficient (Wildman–Crippen LogP) is -3.25. The summed E-state index contributed by atoms with van der Waals surface area (Å²) in [4.78, 5) is 39.1. The van der Waals surface area contributed by atoms with Gasteiger partial charge in [0.05, 0.1) is 6.33 Å². The molecule has 3 rings (SSSR count). The molecule has 25 heavy (non-hydrogen) atoms. The SMILES string of the molecule is Nc1nc2c(ncn2[C@@H]2O[C@H](C(O)OP(=O)(O)O)[C@@H](O)[C@@H]2O)c(=O)[nH]1. The summed E-state index contributed by atoms with van der Waals surface area (Å²) >= 11 is 0. The van der Waals surface area contributed by atoms with E-state index < -0.39 is 44.2 Å². The molecule has 0 spiro atoms. The summed E-state index contributed by atoms with van der Waals surface area (Å²) < 4.78 is 21.1. The summed E-state index contributed by atoms with van der Waals surface area (Å²) in [6, 6.07) is 0. The van der Waals surface area contributed by atoms with E-state index in [2.05, 4.69) is 19.5 Å². The molecule has 8 N–H and O–H groups in total. The standard InChI is InChI=1S/C10H14N5O9P/c11-10-13-6-2(7(18)14-10)12-1-15(6)8-4(17)3(16)5(23-8)9(19)24-25(20,21)22/h1,3-5,8-9,16-17,19H,(H2,20,21,22)(H3,11,13,14,18)/t3-,4-,5-,8+,9?/m0/s1. The van der Waals surface area contributed by atoms with Gasteiger partial charge in [-0.3, -0.25) is 18.9 Å². The van der Waals surface area contributed by atoms with Gasteiger partial charge in [-0.05, 0) is 0 Å². The zero-order valence-electron chi connectivity index (χ0n) is 12.2. The number of hydrogen-bond acceptors (Lipinski definition) is 10. The molecule has 3 heterocycles. The highest BCUT2D eigenvalue weighted by Crippen LogP contribution is 2.41. The third-order valence-electron chi connectivity index (χ3n) is 3.53. The molecule has 14 nitrogen and oxygen atoms in total. The fourth-order valence-corrected chi connectivity index (χ4v) is 2.88. The summed E-state index contributed by atoms with van der Waals surface area (Å²) in [5, 5.41) is 29.7. The van der Waals surface area contributed by atoms with Gasteiger partial charge in [0.25, 0.3) is 5.56 Å². The van der Waals surface area contributed by atoms with E-state index >= 15 is 0 Å². The van der Waals surface area contributed by atoms with E-state index in [1.807, 2.05) is 0 Å². The lowest BCUT2D eigenvalue weighted by atomic mass is 10.1. The number of aromatic nitrogens is 4. The van der Waals surface area contributed by atoms with E-state index in [0.717, 1.165) is 10.9 Å². The van der Waals surface area contributed by atoms with E-state index in [0.29, 0.717) is 0 Å². The molecule has 5 atom stereocenters. The van der Waals surface area contributed by atoms with E-state index in [1.165, 1.54) is 0 Å². The van der Waals surface area contributed by atoms with Crippen LogP contribution in [0.5, 0.6) is 0 Å². The minimum atomic E-state index is -5.07. The highest BCUT2D eigenvalue weighted by molar-refractivity contribution is 7.46. The van der Waals surface area contributed by atoms with Crippen LogP contribution in [0, 0.1) is 0 Å². The molecule has 2 aromatic heterocycles. The number of phosphoric acid groups is 1. The van der Waals surface area contributed by atoms with Crippen LogP contribution in [-0.2, 0) is 13.8 Å². The number of hydrogen-bond donors (Lipinski definition) is 7. The van der Waals surface area contributed by atoms with Gasteiger partial charge in [0.2, 0.25) is 5.95 Å². The molecule has 1 aliphatic heterocycles. The Balaban J connectivity index is 1.94. The number of phosphoric ester groups is 1. The van der Waals surface area contributed by atoms with Gasteiger partial charge in [-0.15, -0.1) is 0 Å². The Morgan fingerprint density at radius 1 is 1.40 bits per heavy atom. The van der Waals surface area contributed by atoms with Gasteiger partial charge in [-0.2, -0.15) is 4.98 Å².